The number of methoxy groups -OCH3 is 1. The highest BCUT2D eigenvalue weighted by molar-refractivity contribution is 9.10. The molecule has 0 amide bonds. The topological polar surface area (TPSA) is 47.3 Å². The van der Waals surface area contributed by atoms with Gasteiger partial charge in [-0.25, -0.2) is 0 Å². The van der Waals surface area contributed by atoms with Crippen molar-refractivity contribution in [3.63, 3.8) is 0 Å². The van der Waals surface area contributed by atoms with Gasteiger partial charge in [0.25, 0.3) is 0 Å². The van der Waals surface area contributed by atoms with Crippen LogP contribution in [-0.2, 0) is 6.54 Å². The first-order chi connectivity index (χ1) is 9.61. The first kappa shape index (κ1) is 14.8. The third-order valence-electron chi connectivity index (χ3n) is 2.91. The second-order valence-electron chi connectivity index (χ2n) is 4.22. The van der Waals surface area contributed by atoms with E-state index in [1.54, 1.807) is 7.11 Å². The van der Waals surface area contributed by atoms with E-state index in [0.29, 0.717) is 11.5 Å². The molecule has 2 aromatic carbocycles. The van der Waals surface area contributed by atoms with Gasteiger partial charge >= 0.3 is 0 Å². The van der Waals surface area contributed by atoms with Gasteiger partial charge in [0.1, 0.15) is 10.7 Å². The minimum absolute atomic E-state index is 0.369. The lowest BCUT2D eigenvalue weighted by atomic mass is 10.1. The fourth-order valence-corrected chi connectivity index (χ4v) is 2.44. The molecule has 0 aromatic heterocycles. The summed E-state index contributed by atoms with van der Waals surface area (Å²) in [6.07, 6.45) is 0. The van der Waals surface area contributed by atoms with E-state index >= 15 is 0 Å². The van der Waals surface area contributed by atoms with Crippen LogP contribution in [0.25, 0.3) is 0 Å². The van der Waals surface area contributed by atoms with Gasteiger partial charge < -0.3 is 15.8 Å². The molecule has 2 aromatic rings. The van der Waals surface area contributed by atoms with Crippen LogP contribution in [0.2, 0.25) is 0 Å². The van der Waals surface area contributed by atoms with E-state index in [9.17, 15) is 0 Å². The number of nitrogens with one attached hydrogen (secondary N) is 1. The van der Waals surface area contributed by atoms with E-state index in [2.05, 4.69) is 21.2 Å². The molecule has 20 heavy (non-hydrogen) atoms. The van der Waals surface area contributed by atoms with Crippen LogP contribution in [0.1, 0.15) is 11.1 Å². The van der Waals surface area contributed by atoms with Crippen LogP contribution >= 0.6 is 28.1 Å². The van der Waals surface area contributed by atoms with Gasteiger partial charge in [0.2, 0.25) is 0 Å². The molecule has 0 saturated carbocycles. The van der Waals surface area contributed by atoms with Crippen LogP contribution in [0.4, 0.5) is 5.69 Å². The average molecular weight is 351 g/mol. The summed E-state index contributed by atoms with van der Waals surface area (Å²) < 4.78 is 6.28. The maximum absolute atomic E-state index is 5.75. The quantitative estimate of drug-likeness (QED) is 0.807. The van der Waals surface area contributed by atoms with Crippen LogP contribution < -0.4 is 15.8 Å². The van der Waals surface area contributed by atoms with Crippen LogP contribution in [0.3, 0.4) is 0 Å². The number of hydrogen-bond donors (Lipinski definition) is 2. The van der Waals surface area contributed by atoms with E-state index in [1.165, 1.54) is 0 Å². The van der Waals surface area contributed by atoms with Crippen LogP contribution in [-0.4, -0.2) is 12.1 Å². The van der Waals surface area contributed by atoms with Crippen LogP contribution in [0.5, 0.6) is 5.75 Å². The van der Waals surface area contributed by atoms with Crippen LogP contribution in [0, 0.1) is 0 Å². The molecule has 104 valence electrons. The average Bonchev–Trinajstić information content (AvgIpc) is 2.46. The number of thiocarbonyl (C=S) groups is 1. The molecule has 5 heteroatoms. The second kappa shape index (κ2) is 6.72. The molecule has 0 atom stereocenters. The highest BCUT2D eigenvalue weighted by atomic mass is 79.9. The van der Waals surface area contributed by atoms with Crippen molar-refractivity contribution in [2.45, 2.75) is 6.54 Å². The zero-order valence-electron chi connectivity index (χ0n) is 11.0. The maximum atomic E-state index is 5.75. The van der Waals surface area contributed by atoms with Crippen molar-refractivity contribution < 1.29 is 4.74 Å². The smallest absolute Gasteiger partial charge is 0.123 e. The van der Waals surface area contributed by atoms with Gasteiger partial charge in [0.15, 0.2) is 0 Å². The number of halogens is 1. The number of ether oxygens (including phenoxy) is 1. The Morgan fingerprint density at radius 3 is 2.75 bits per heavy atom. The molecule has 3 nitrogen and oxygen atoms in total. The van der Waals surface area contributed by atoms with Gasteiger partial charge in [-0.3, -0.25) is 0 Å². The minimum Gasteiger partial charge on any atom is -0.496 e. The number of para-hydroxylation sites is 1. The van der Waals surface area contributed by atoms with Gasteiger partial charge in [-0.2, -0.15) is 0 Å². The second-order valence-corrected chi connectivity index (χ2v) is 5.58. The molecule has 3 N–H and O–H groups in total. The van der Waals surface area contributed by atoms with Crippen molar-refractivity contribution in [2.75, 3.05) is 12.4 Å². The molecule has 2 rings (SSSR count). The van der Waals surface area contributed by atoms with Crippen molar-refractivity contribution in [2.24, 2.45) is 5.73 Å². The molecule has 0 aliphatic rings. The van der Waals surface area contributed by atoms with Crippen molar-refractivity contribution in [1.82, 2.24) is 0 Å². The summed E-state index contributed by atoms with van der Waals surface area (Å²) in [6.45, 7) is 0.640. The SMILES string of the molecule is COc1ccccc1CNc1ccc(Br)cc1C(N)=S. The lowest BCUT2D eigenvalue weighted by Gasteiger charge is -2.13. The van der Waals surface area contributed by atoms with Crippen molar-refractivity contribution in [1.29, 1.82) is 0 Å². The van der Waals surface area contributed by atoms with Gasteiger partial charge in [0.05, 0.1) is 7.11 Å². The molecule has 0 heterocycles. The number of nitrogens with two attached hydrogens (primary N) is 1. The molecular weight excluding hydrogens is 336 g/mol. The zero-order valence-corrected chi connectivity index (χ0v) is 13.4. The first-order valence-corrected chi connectivity index (χ1v) is 7.27. The summed E-state index contributed by atoms with van der Waals surface area (Å²) >= 11 is 8.50. The van der Waals surface area contributed by atoms with E-state index in [1.807, 2.05) is 42.5 Å². The molecule has 0 aliphatic carbocycles. The van der Waals surface area contributed by atoms with Crippen molar-refractivity contribution in [3.05, 3.63) is 58.1 Å². The predicted molar refractivity (Wildman–Crippen MR) is 90.4 cm³/mol. The normalized spacial score (nSPS) is 10.1. The summed E-state index contributed by atoms with van der Waals surface area (Å²) in [7, 11) is 1.67. The van der Waals surface area contributed by atoms with Crippen molar-refractivity contribution >= 4 is 38.8 Å². The Balaban J connectivity index is 2.21. The Labute approximate surface area is 132 Å². The Morgan fingerprint density at radius 2 is 2.05 bits per heavy atom. The fourth-order valence-electron chi connectivity index (χ4n) is 1.91. The van der Waals surface area contributed by atoms with E-state index in [0.717, 1.165) is 27.0 Å². The lowest BCUT2D eigenvalue weighted by Crippen LogP contribution is -2.13. The van der Waals surface area contributed by atoms with Crippen LogP contribution in [0.15, 0.2) is 46.9 Å². The van der Waals surface area contributed by atoms with Gasteiger partial charge in [-0.15, -0.1) is 0 Å². The third-order valence-corrected chi connectivity index (χ3v) is 3.62. The zero-order chi connectivity index (χ0) is 14.5. The number of benzene rings is 2. The molecule has 0 radical (unpaired) electrons. The summed E-state index contributed by atoms with van der Waals surface area (Å²) in [5.41, 5.74) is 8.56. The molecule has 0 bridgehead atoms. The van der Waals surface area contributed by atoms with Gasteiger partial charge in [0, 0.05) is 27.8 Å². The monoisotopic (exact) mass is 350 g/mol. The first-order valence-electron chi connectivity index (χ1n) is 6.07. The Morgan fingerprint density at radius 1 is 1.30 bits per heavy atom. The summed E-state index contributed by atoms with van der Waals surface area (Å²) in [6, 6.07) is 13.7. The number of rotatable bonds is 5. The number of anilines is 1. The summed E-state index contributed by atoms with van der Waals surface area (Å²) in [5.74, 6) is 0.856. The lowest BCUT2D eigenvalue weighted by molar-refractivity contribution is 0.410. The predicted octanol–water partition coefficient (Wildman–Crippen LogP) is 3.70. The highest BCUT2D eigenvalue weighted by Crippen LogP contribution is 2.23. The van der Waals surface area contributed by atoms with Gasteiger partial charge in [-0.1, -0.05) is 46.3 Å². The molecule has 0 spiro atoms. The molecule has 0 fully saturated rings. The molecule has 0 saturated heterocycles. The third kappa shape index (κ3) is 3.49. The molecule has 0 unspecified atom stereocenters. The Bertz CT molecular complexity index is 631. The van der Waals surface area contributed by atoms with E-state index in [4.69, 9.17) is 22.7 Å². The molecular formula is C15H15BrN2OS. The van der Waals surface area contributed by atoms with Crippen molar-refractivity contribution in [3.8, 4) is 5.75 Å². The fraction of sp³-hybridized carbons (Fsp3) is 0.133. The minimum atomic E-state index is 0.369. The maximum Gasteiger partial charge on any atom is 0.123 e. The molecule has 0 aliphatic heterocycles. The van der Waals surface area contributed by atoms with E-state index in [-0.39, 0.29) is 0 Å². The summed E-state index contributed by atoms with van der Waals surface area (Å²) in [5, 5.41) is 3.34. The Kier molecular flexibility index (Phi) is 4.98. The largest absolute Gasteiger partial charge is 0.496 e. The number of hydrogen-bond acceptors (Lipinski definition) is 3. The summed E-state index contributed by atoms with van der Waals surface area (Å²) in [4.78, 5) is 0.369. The highest BCUT2D eigenvalue weighted by Gasteiger charge is 2.07. The Hall–Kier alpha value is -1.59. The van der Waals surface area contributed by atoms with Gasteiger partial charge in [-0.05, 0) is 24.3 Å². The van der Waals surface area contributed by atoms with E-state index < -0.39 is 0 Å². The standard InChI is InChI=1S/C15H15BrN2OS/c1-19-14-5-3-2-4-10(14)9-18-13-7-6-11(16)8-12(13)15(17)20/h2-8,18H,9H2,1H3,(H2,17,20).